The molecule has 102 valence electrons. The van der Waals surface area contributed by atoms with Crippen LogP contribution in [0.25, 0.3) is 0 Å². The van der Waals surface area contributed by atoms with Gasteiger partial charge in [0, 0.05) is 25.2 Å². The normalized spacial score (nSPS) is 23.8. The van der Waals surface area contributed by atoms with E-state index in [9.17, 15) is 0 Å². The number of rotatable bonds is 9. The number of hydrogen-bond acceptors (Lipinski definition) is 3. The summed E-state index contributed by atoms with van der Waals surface area (Å²) in [5.41, 5.74) is 6.00. The predicted octanol–water partition coefficient (Wildman–Crippen LogP) is 2.44. The Morgan fingerprint density at radius 2 is 2.18 bits per heavy atom. The average molecular weight is 242 g/mol. The fourth-order valence-corrected chi connectivity index (χ4v) is 2.37. The monoisotopic (exact) mass is 242 g/mol. The molecule has 2 unspecified atom stereocenters. The molecular formula is C14H30N2O. The number of nitrogens with two attached hydrogens (primary N) is 1. The quantitative estimate of drug-likeness (QED) is 0.611. The summed E-state index contributed by atoms with van der Waals surface area (Å²) in [7, 11) is 0. The largest absolute Gasteiger partial charge is 0.377 e. The summed E-state index contributed by atoms with van der Waals surface area (Å²) < 4.78 is 5.63. The van der Waals surface area contributed by atoms with Crippen LogP contribution >= 0.6 is 0 Å². The van der Waals surface area contributed by atoms with Gasteiger partial charge in [0.15, 0.2) is 0 Å². The van der Waals surface area contributed by atoms with Crippen molar-refractivity contribution in [3.8, 4) is 0 Å². The molecule has 17 heavy (non-hydrogen) atoms. The molecule has 0 radical (unpaired) electrons. The van der Waals surface area contributed by atoms with E-state index < -0.39 is 0 Å². The van der Waals surface area contributed by atoms with Crippen LogP contribution in [0.5, 0.6) is 0 Å². The minimum absolute atomic E-state index is 0.0969. The van der Waals surface area contributed by atoms with Gasteiger partial charge in [-0.3, -0.25) is 0 Å². The molecule has 1 aliphatic rings. The first-order valence-electron chi connectivity index (χ1n) is 7.27. The third-order valence-electron chi connectivity index (χ3n) is 3.81. The summed E-state index contributed by atoms with van der Waals surface area (Å²) in [6, 6.07) is 0. The molecule has 1 rings (SSSR count). The Labute approximate surface area is 106 Å². The van der Waals surface area contributed by atoms with Crippen LogP contribution in [0, 0.1) is 0 Å². The van der Waals surface area contributed by atoms with Gasteiger partial charge >= 0.3 is 0 Å². The molecule has 1 saturated heterocycles. The molecule has 0 amide bonds. The maximum atomic E-state index is 5.90. The lowest BCUT2D eigenvalue weighted by atomic mass is 9.94. The zero-order valence-corrected chi connectivity index (χ0v) is 11.6. The van der Waals surface area contributed by atoms with Gasteiger partial charge in [-0.25, -0.2) is 0 Å². The van der Waals surface area contributed by atoms with Crippen LogP contribution in [0.3, 0.4) is 0 Å². The van der Waals surface area contributed by atoms with Crippen molar-refractivity contribution in [1.29, 1.82) is 0 Å². The number of ether oxygens (including phenoxy) is 1. The van der Waals surface area contributed by atoms with Gasteiger partial charge < -0.3 is 15.8 Å². The Bertz CT molecular complexity index is 193. The molecule has 3 N–H and O–H groups in total. The summed E-state index contributed by atoms with van der Waals surface area (Å²) in [4.78, 5) is 0. The fourth-order valence-electron chi connectivity index (χ4n) is 2.37. The topological polar surface area (TPSA) is 47.3 Å². The van der Waals surface area contributed by atoms with Crippen LogP contribution in [0.15, 0.2) is 0 Å². The second-order valence-electron chi connectivity index (χ2n) is 5.59. The number of nitrogens with one attached hydrogen (secondary N) is 1. The van der Waals surface area contributed by atoms with Gasteiger partial charge in [0.1, 0.15) is 0 Å². The Kier molecular flexibility index (Phi) is 7.09. The first-order valence-corrected chi connectivity index (χ1v) is 7.27. The second kappa shape index (κ2) is 8.06. The molecule has 1 fully saturated rings. The van der Waals surface area contributed by atoms with Gasteiger partial charge in [0.05, 0.1) is 6.10 Å². The molecule has 1 aliphatic heterocycles. The highest BCUT2D eigenvalue weighted by Crippen LogP contribution is 2.16. The van der Waals surface area contributed by atoms with E-state index in [0.717, 1.165) is 13.2 Å². The van der Waals surface area contributed by atoms with Crippen molar-refractivity contribution >= 4 is 0 Å². The molecule has 0 spiro atoms. The zero-order chi connectivity index (χ0) is 12.6. The molecule has 3 nitrogen and oxygen atoms in total. The average Bonchev–Trinajstić information content (AvgIpc) is 2.85. The summed E-state index contributed by atoms with van der Waals surface area (Å²) in [6.07, 6.45) is 9.24. The lowest BCUT2D eigenvalue weighted by Crippen LogP contribution is -2.51. The van der Waals surface area contributed by atoms with Gasteiger partial charge in [-0.2, -0.15) is 0 Å². The summed E-state index contributed by atoms with van der Waals surface area (Å²) in [5, 5.41) is 3.61. The SMILES string of the molecule is CCCCCCC(C)(CN)NCC1CCCO1. The van der Waals surface area contributed by atoms with Crippen LogP contribution in [0.1, 0.15) is 58.8 Å². The molecule has 0 aromatic carbocycles. The minimum Gasteiger partial charge on any atom is -0.377 e. The third-order valence-corrected chi connectivity index (χ3v) is 3.81. The number of unbranched alkanes of at least 4 members (excludes halogenated alkanes) is 3. The van der Waals surface area contributed by atoms with E-state index in [4.69, 9.17) is 10.5 Å². The highest BCUT2D eigenvalue weighted by Gasteiger charge is 2.24. The summed E-state index contributed by atoms with van der Waals surface area (Å²) >= 11 is 0. The minimum atomic E-state index is 0.0969. The van der Waals surface area contributed by atoms with E-state index >= 15 is 0 Å². The van der Waals surface area contributed by atoms with Gasteiger partial charge in [0.2, 0.25) is 0 Å². The summed E-state index contributed by atoms with van der Waals surface area (Å²) in [6.45, 7) is 7.10. The van der Waals surface area contributed by atoms with Crippen molar-refractivity contribution < 1.29 is 4.74 Å². The van der Waals surface area contributed by atoms with Gasteiger partial charge in [-0.1, -0.05) is 32.6 Å². The van der Waals surface area contributed by atoms with Crippen molar-refractivity contribution in [2.24, 2.45) is 5.73 Å². The first kappa shape index (κ1) is 14.9. The van der Waals surface area contributed by atoms with E-state index in [-0.39, 0.29) is 5.54 Å². The van der Waals surface area contributed by atoms with E-state index in [0.29, 0.717) is 12.6 Å². The van der Waals surface area contributed by atoms with Crippen molar-refractivity contribution in [2.45, 2.75) is 70.4 Å². The Balaban J connectivity index is 2.18. The maximum Gasteiger partial charge on any atom is 0.0700 e. The zero-order valence-electron chi connectivity index (χ0n) is 11.6. The molecule has 0 aliphatic carbocycles. The Hall–Kier alpha value is -0.120. The van der Waals surface area contributed by atoms with Crippen molar-refractivity contribution in [1.82, 2.24) is 5.32 Å². The van der Waals surface area contributed by atoms with Crippen molar-refractivity contribution in [2.75, 3.05) is 19.7 Å². The van der Waals surface area contributed by atoms with Gasteiger partial charge in [-0.05, 0) is 26.2 Å². The van der Waals surface area contributed by atoms with Gasteiger partial charge in [-0.15, -0.1) is 0 Å². The van der Waals surface area contributed by atoms with Crippen molar-refractivity contribution in [3.63, 3.8) is 0 Å². The first-order chi connectivity index (χ1) is 8.20. The van der Waals surface area contributed by atoms with Crippen LogP contribution in [0.2, 0.25) is 0 Å². The number of hydrogen-bond donors (Lipinski definition) is 2. The van der Waals surface area contributed by atoms with Gasteiger partial charge in [0.25, 0.3) is 0 Å². The Morgan fingerprint density at radius 3 is 2.76 bits per heavy atom. The van der Waals surface area contributed by atoms with Crippen LogP contribution in [-0.2, 0) is 4.74 Å². The molecule has 0 saturated carbocycles. The highest BCUT2D eigenvalue weighted by atomic mass is 16.5. The van der Waals surface area contributed by atoms with Crippen molar-refractivity contribution in [3.05, 3.63) is 0 Å². The summed E-state index contributed by atoms with van der Waals surface area (Å²) in [5.74, 6) is 0. The van der Waals surface area contributed by atoms with E-state index in [1.54, 1.807) is 0 Å². The van der Waals surface area contributed by atoms with Crippen LogP contribution in [0.4, 0.5) is 0 Å². The molecule has 1 heterocycles. The molecular weight excluding hydrogens is 212 g/mol. The molecule has 0 aromatic rings. The van der Waals surface area contributed by atoms with Crippen LogP contribution < -0.4 is 11.1 Å². The standard InChI is InChI=1S/C14H30N2O/c1-3-4-5-6-9-14(2,12-15)16-11-13-8-7-10-17-13/h13,16H,3-12,15H2,1-2H3. The molecule has 2 atom stereocenters. The van der Waals surface area contributed by atoms with E-state index in [1.165, 1.54) is 44.9 Å². The Morgan fingerprint density at radius 1 is 1.35 bits per heavy atom. The highest BCUT2D eigenvalue weighted by molar-refractivity contribution is 4.85. The van der Waals surface area contributed by atoms with Crippen LogP contribution in [-0.4, -0.2) is 31.3 Å². The lowest BCUT2D eigenvalue weighted by molar-refractivity contribution is 0.101. The lowest BCUT2D eigenvalue weighted by Gasteiger charge is -2.31. The maximum absolute atomic E-state index is 5.90. The molecule has 3 heteroatoms. The smallest absolute Gasteiger partial charge is 0.0700 e. The predicted molar refractivity (Wildman–Crippen MR) is 73.2 cm³/mol. The van der Waals surface area contributed by atoms with E-state index in [2.05, 4.69) is 19.2 Å². The van der Waals surface area contributed by atoms with E-state index in [1.807, 2.05) is 0 Å². The second-order valence-corrected chi connectivity index (χ2v) is 5.59. The fraction of sp³-hybridized carbons (Fsp3) is 1.00. The third kappa shape index (κ3) is 5.84. The molecule has 0 aromatic heterocycles. The molecule has 0 bridgehead atoms.